The van der Waals surface area contributed by atoms with Crippen LogP contribution in [0.2, 0.25) is 0 Å². The Morgan fingerprint density at radius 2 is 2.38 bits per heavy atom. The lowest BCUT2D eigenvalue weighted by Gasteiger charge is -2.12. The first-order chi connectivity index (χ1) is 7.66. The Morgan fingerprint density at radius 3 is 3.06 bits per heavy atom. The number of thioether (sulfide) groups is 1. The first kappa shape index (κ1) is 12.0. The zero-order valence-corrected chi connectivity index (χ0v) is 11.5. The van der Waals surface area contributed by atoms with E-state index in [2.05, 4.69) is 21.2 Å². The van der Waals surface area contributed by atoms with Gasteiger partial charge in [-0.2, -0.15) is 11.8 Å². The second kappa shape index (κ2) is 5.23. The molecule has 0 aliphatic carbocycles. The molecule has 0 bridgehead atoms. The van der Waals surface area contributed by atoms with E-state index in [1.807, 2.05) is 36.9 Å². The number of amides is 1. The Kier molecular flexibility index (Phi) is 3.92. The molecule has 2 rings (SSSR count). The summed E-state index contributed by atoms with van der Waals surface area (Å²) in [6, 6.07) is 6.14. The van der Waals surface area contributed by atoms with Crippen molar-refractivity contribution < 1.29 is 4.79 Å². The zero-order valence-electron chi connectivity index (χ0n) is 9.13. The summed E-state index contributed by atoms with van der Waals surface area (Å²) in [7, 11) is 0. The topological polar surface area (TPSA) is 29.1 Å². The summed E-state index contributed by atoms with van der Waals surface area (Å²) < 4.78 is 0.948. The molecule has 1 aromatic rings. The number of nitrogens with one attached hydrogen (secondary N) is 1. The molecule has 0 radical (unpaired) electrons. The molecule has 1 unspecified atom stereocenters. The number of benzene rings is 1. The Bertz CT molecular complexity index is 402. The Balaban J connectivity index is 2.10. The third-order valence-corrected chi connectivity index (χ3v) is 4.36. The number of rotatable bonds is 2. The standard InChI is InChI=1S/C12H14BrNOS/c1-8-2-3-9(13)6-11(8)12(15)14-10-4-5-16-7-10/h2-3,6,10H,4-5,7H2,1H3,(H,14,15). The smallest absolute Gasteiger partial charge is 0.251 e. The quantitative estimate of drug-likeness (QED) is 0.909. The fourth-order valence-corrected chi connectivity index (χ4v) is 3.26. The van der Waals surface area contributed by atoms with Gasteiger partial charge >= 0.3 is 0 Å². The largest absolute Gasteiger partial charge is 0.348 e. The number of aryl methyl sites for hydroxylation is 1. The highest BCUT2D eigenvalue weighted by Crippen LogP contribution is 2.19. The van der Waals surface area contributed by atoms with E-state index < -0.39 is 0 Å². The van der Waals surface area contributed by atoms with Crippen LogP contribution in [0.1, 0.15) is 22.3 Å². The van der Waals surface area contributed by atoms with Gasteiger partial charge in [-0.1, -0.05) is 22.0 Å². The second-order valence-corrected chi connectivity index (χ2v) is 6.06. The molecule has 1 saturated heterocycles. The van der Waals surface area contributed by atoms with Crippen molar-refractivity contribution in [3.05, 3.63) is 33.8 Å². The lowest BCUT2D eigenvalue weighted by atomic mass is 10.1. The molecule has 1 fully saturated rings. The molecule has 86 valence electrons. The van der Waals surface area contributed by atoms with Crippen LogP contribution in [0.5, 0.6) is 0 Å². The van der Waals surface area contributed by atoms with Crippen molar-refractivity contribution in [1.82, 2.24) is 5.32 Å². The molecule has 1 aromatic carbocycles. The lowest BCUT2D eigenvalue weighted by Crippen LogP contribution is -2.34. The van der Waals surface area contributed by atoms with Gasteiger partial charge in [0.2, 0.25) is 0 Å². The van der Waals surface area contributed by atoms with E-state index >= 15 is 0 Å². The van der Waals surface area contributed by atoms with Gasteiger partial charge in [0.1, 0.15) is 0 Å². The molecule has 0 saturated carbocycles. The third-order valence-electron chi connectivity index (χ3n) is 2.71. The van der Waals surface area contributed by atoms with E-state index in [1.165, 1.54) is 0 Å². The van der Waals surface area contributed by atoms with Crippen LogP contribution in [-0.4, -0.2) is 23.5 Å². The van der Waals surface area contributed by atoms with Crippen LogP contribution in [-0.2, 0) is 0 Å². The Morgan fingerprint density at radius 1 is 1.56 bits per heavy atom. The van der Waals surface area contributed by atoms with Crippen LogP contribution in [0.3, 0.4) is 0 Å². The summed E-state index contributed by atoms with van der Waals surface area (Å²) in [6.07, 6.45) is 1.09. The summed E-state index contributed by atoms with van der Waals surface area (Å²) in [5.74, 6) is 2.24. The number of halogens is 1. The van der Waals surface area contributed by atoms with Gasteiger partial charge in [-0.25, -0.2) is 0 Å². The number of carbonyl (C=O) groups excluding carboxylic acids is 1. The van der Waals surface area contributed by atoms with Crippen molar-refractivity contribution in [1.29, 1.82) is 0 Å². The van der Waals surface area contributed by atoms with E-state index in [-0.39, 0.29) is 5.91 Å². The normalized spacial score (nSPS) is 19.8. The number of hydrogen-bond acceptors (Lipinski definition) is 2. The van der Waals surface area contributed by atoms with Gasteiger partial charge in [0.05, 0.1) is 0 Å². The summed E-state index contributed by atoms with van der Waals surface area (Å²) >= 11 is 5.30. The monoisotopic (exact) mass is 299 g/mol. The molecule has 1 aliphatic heterocycles. The van der Waals surface area contributed by atoms with Gasteiger partial charge in [-0.05, 0) is 36.8 Å². The van der Waals surface area contributed by atoms with Gasteiger partial charge in [0.25, 0.3) is 5.91 Å². The molecule has 1 amide bonds. The Hall–Kier alpha value is -0.480. The van der Waals surface area contributed by atoms with Crippen molar-refractivity contribution in [2.24, 2.45) is 0 Å². The van der Waals surface area contributed by atoms with Crippen molar-refractivity contribution >= 4 is 33.6 Å². The molecule has 0 aromatic heterocycles. The third kappa shape index (κ3) is 2.80. The van der Waals surface area contributed by atoms with E-state index in [4.69, 9.17) is 0 Å². The summed E-state index contributed by atoms with van der Waals surface area (Å²) in [4.78, 5) is 12.0. The average Bonchev–Trinajstić information content (AvgIpc) is 2.74. The molecule has 1 heterocycles. The minimum Gasteiger partial charge on any atom is -0.348 e. The van der Waals surface area contributed by atoms with Crippen molar-refractivity contribution in [2.75, 3.05) is 11.5 Å². The summed E-state index contributed by atoms with van der Waals surface area (Å²) in [5.41, 5.74) is 1.79. The fourth-order valence-electron chi connectivity index (χ4n) is 1.75. The highest BCUT2D eigenvalue weighted by Gasteiger charge is 2.19. The molecular formula is C12H14BrNOS. The number of hydrogen-bond donors (Lipinski definition) is 1. The average molecular weight is 300 g/mol. The highest BCUT2D eigenvalue weighted by atomic mass is 79.9. The molecule has 0 spiro atoms. The first-order valence-corrected chi connectivity index (χ1v) is 7.26. The van der Waals surface area contributed by atoms with E-state index in [9.17, 15) is 4.79 Å². The van der Waals surface area contributed by atoms with Crippen LogP contribution in [0.25, 0.3) is 0 Å². The maximum Gasteiger partial charge on any atom is 0.251 e. The van der Waals surface area contributed by atoms with Crippen molar-refractivity contribution in [3.63, 3.8) is 0 Å². The van der Waals surface area contributed by atoms with Crippen LogP contribution < -0.4 is 5.32 Å². The molecule has 1 N–H and O–H groups in total. The minimum absolute atomic E-state index is 0.0475. The maximum atomic E-state index is 12.0. The SMILES string of the molecule is Cc1ccc(Br)cc1C(=O)NC1CCSC1. The van der Waals surface area contributed by atoms with Gasteiger partial charge in [-0.15, -0.1) is 0 Å². The predicted octanol–water partition coefficient (Wildman–Crippen LogP) is 2.99. The molecule has 1 aliphatic rings. The van der Waals surface area contributed by atoms with Crippen LogP contribution >= 0.6 is 27.7 Å². The van der Waals surface area contributed by atoms with Gasteiger partial charge < -0.3 is 5.32 Å². The maximum absolute atomic E-state index is 12.0. The molecule has 1 atom stereocenters. The second-order valence-electron chi connectivity index (χ2n) is 3.99. The lowest BCUT2D eigenvalue weighted by molar-refractivity contribution is 0.0940. The van der Waals surface area contributed by atoms with Gasteiger partial charge in [0.15, 0.2) is 0 Å². The van der Waals surface area contributed by atoms with Gasteiger partial charge in [0, 0.05) is 21.8 Å². The van der Waals surface area contributed by atoms with E-state index in [1.54, 1.807) is 0 Å². The van der Waals surface area contributed by atoms with E-state index in [0.29, 0.717) is 6.04 Å². The van der Waals surface area contributed by atoms with Crippen LogP contribution in [0.4, 0.5) is 0 Å². The van der Waals surface area contributed by atoms with E-state index in [0.717, 1.165) is 33.5 Å². The summed E-state index contributed by atoms with van der Waals surface area (Å²) in [6.45, 7) is 1.96. The first-order valence-electron chi connectivity index (χ1n) is 5.31. The predicted molar refractivity (Wildman–Crippen MR) is 72.1 cm³/mol. The minimum atomic E-state index is 0.0475. The van der Waals surface area contributed by atoms with Crippen molar-refractivity contribution in [3.8, 4) is 0 Å². The highest BCUT2D eigenvalue weighted by molar-refractivity contribution is 9.10. The molecule has 16 heavy (non-hydrogen) atoms. The van der Waals surface area contributed by atoms with Crippen LogP contribution in [0.15, 0.2) is 22.7 Å². The zero-order chi connectivity index (χ0) is 11.5. The number of carbonyl (C=O) groups is 1. The van der Waals surface area contributed by atoms with Gasteiger partial charge in [-0.3, -0.25) is 4.79 Å². The Labute approximate surface area is 108 Å². The molecule has 4 heteroatoms. The molecular weight excluding hydrogens is 286 g/mol. The fraction of sp³-hybridized carbons (Fsp3) is 0.417. The van der Waals surface area contributed by atoms with Crippen LogP contribution in [0, 0.1) is 6.92 Å². The summed E-state index contributed by atoms with van der Waals surface area (Å²) in [5, 5.41) is 3.08. The van der Waals surface area contributed by atoms with Crippen molar-refractivity contribution in [2.45, 2.75) is 19.4 Å². The molecule has 2 nitrogen and oxygen atoms in total.